The van der Waals surface area contributed by atoms with Gasteiger partial charge < -0.3 is 19.4 Å². The minimum absolute atomic E-state index is 0.0540. The average Bonchev–Trinajstić information content (AvgIpc) is 2.67. The van der Waals surface area contributed by atoms with Crippen molar-refractivity contribution in [2.45, 2.75) is 115 Å². The van der Waals surface area contributed by atoms with E-state index < -0.39 is 12.9 Å². The first-order valence-corrected chi connectivity index (χ1v) is 14.5. The Morgan fingerprint density at radius 3 is 1.53 bits per heavy atom. The van der Waals surface area contributed by atoms with Gasteiger partial charge in [0.05, 0.1) is 21.1 Å². The molecule has 190 valence electrons. The van der Waals surface area contributed by atoms with Crippen molar-refractivity contribution in [1.29, 1.82) is 0 Å². The molecule has 1 atom stereocenters. The fourth-order valence-electron chi connectivity index (χ4n) is 3.98. The van der Waals surface area contributed by atoms with Gasteiger partial charge in [0.2, 0.25) is 5.34 Å². The van der Waals surface area contributed by atoms with E-state index >= 15 is 0 Å². The van der Waals surface area contributed by atoms with Crippen LogP contribution >= 0.6 is 7.60 Å². The second-order valence-electron chi connectivity index (χ2n) is 10.4. The highest BCUT2D eigenvalue weighted by atomic mass is 31.2. The fourth-order valence-corrected chi connectivity index (χ4v) is 5.04. The van der Waals surface area contributed by atoms with Crippen molar-refractivity contribution in [2.75, 3.05) is 27.7 Å². The summed E-state index contributed by atoms with van der Waals surface area (Å²) in [5.74, 6) is 0. The predicted octanol–water partition coefficient (Wildman–Crippen LogP) is 6.93. The Bertz CT molecular complexity index is 551. The van der Waals surface area contributed by atoms with Gasteiger partial charge in [-0.3, -0.25) is 4.57 Å². The van der Waals surface area contributed by atoms with Gasteiger partial charge in [0.25, 0.3) is 0 Å². The zero-order valence-corrected chi connectivity index (χ0v) is 22.4. The quantitative estimate of drug-likeness (QED) is 0.0729. The van der Waals surface area contributed by atoms with Crippen molar-refractivity contribution in [3.05, 3.63) is 24.3 Å². The molecule has 0 radical (unpaired) electrons. The Hall–Kier alpha value is -0.450. The van der Waals surface area contributed by atoms with Crippen LogP contribution in [-0.2, 0) is 4.57 Å². The highest BCUT2D eigenvalue weighted by Crippen LogP contribution is 2.52. The third-order valence-electron chi connectivity index (χ3n) is 5.78. The summed E-state index contributed by atoms with van der Waals surface area (Å²) in [6, 6.07) is 0. The maximum absolute atomic E-state index is 11.8. The molecular weight excluding hydrogens is 421 g/mol. The Morgan fingerprint density at radius 2 is 1.09 bits per heavy atom. The van der Waals surface area contributed by atoms with Crippen molar-refractivity contribution in [3.63, 3.8) is 0 Å². The SMILES string of the molecule is CCCCCCC/C=C\CC/C=C\CCCCCCCCC(O)(C[N+](C)(C)C)P(=O)(O)O. The molecule has 0 fully saturated rings. The summed E-state index contributed by atoms with van der Waals surface area (Å²) >= 11 is 0. The minimum atomic E-state index is -4.55. The van der Waals surface area contributed by atoms with E-state index in [0.717, 1.165) is 38.5 Å². The number of hydrogen-bond acceptors (Lipinski definition) is 2. The molecule has 1 unspecified atom stereocenters. The number of hydrogen-bond donors (Lipinski definition) is 3. The van der Waals surface area contributed by atoms with Crippen LogP contribution in [-0.4, -0.2) is 52.4 Å². The minimum Gasteiger partial charge on any atom is -0.373 e. The van der Waals surface area contributed by atoms with Crippen LogP contribution in [0.3, 0.4) is 0 Å². The molecule has 0 aliphatic carbocycles. The van der Waals surface area contributed by atoms with E-state index in [1.807, 2.05) is 21.1 Å². The third kappa shape index (κ3) is 18.0. The number of rotatable bonds is 21. The zero-order valence-electron chi connectivity index (χ0n) is 21.5. The van der Waals surface area contributed by atoms with Crippen LogP contribution in [0.1, 0.15) is 110 Å². The van der Waals surface area contributed by atoms with Crippen molar-refractivity contribution >= 4 is 7.60 Å². The molecule has 0 heterocycles. The van der Waals surface area contributed by atoms with Gasteiger partial charge in [-0.05, 0) is 51.4 Å². The Labute approximate surface area is 198 Å². The highest BCUT2D eigenvalue weighted by Gasteiger charge is 2.48. The number of unbranched alkanes of at least 4 members (excludes halogenated alkanes) is 12. The van der Waals surface area contributed by atoms with Gasteiger partial charge in [-0.2, -0.15) is 0 Å². The van der Waals surface area contributed by atoms with Crippen LogP contribution in [0.5, 0.6) is 0 Å². The molecule has 0 aromatic carbocycles. The normalized spacial score (nSPS) is 15.1. The van der Waals surface area contributed by atoms with Crippen LogP contribution in [0.15, 0.2) is 24.3 Å². The maximum Gasteiger partial charge on any atom is 0.362 e. The van der Waals surface area contributed by atoms with Crippen LogP contribution in [0.4, 0.5) is 0 Å². The molecule has 0 aromatic heterocycles. The molecule has 0 rings (SSSR count). The van der Waals surface area contributed by atoms with E-state index in [1.54, 1.807) is 0 Å². The van der Waals surface area contributed by atoms with Crippen molar-refractivity contribution in [1.82, 2.24) is 0 Å². The lowest BCUT2D eigenvalue weighted by atomic mass is 10.1. The van der Waals surface area contributed by atoms with Crippen LogP contribution in [0, 0.1) is 0 Å². The van der Waals surface area contributed by atoms with E-state index in [4.69, 9.17) is 0 Å². The summed E-state index contributed by atoms with van der Waals surface area (Å²) in [4.78, 5) is 19.2. The number of likely N-dealkylation sites (N-methyl/N-ethyl adjacent to an activating group) is 1. The first-order chi connectivity index (χ1) is 15.0. The van der Waals surface area contributed by atoms with Gasteiger partial charge in [0.15, 0.2) is 0 Å². The predicted molar refractivity (Wildman–Crippen MR) is 138 cm³/mol. The summed E-state index contributed by atoms with van der Waals surface area (Å²) in [7, 11) is 0.957. The molecule has 5 nitrogen and oxygen atoms in total. The number of nitrogens with zero attached hydrogens (tertiary/aromatic N) is 1. The first kappa shape index (κ1) is 31.6. The Kier molecular flexibility index (Phi) is 17.7. The molecule has 0 saturated carbocycles. The molecule has 0 saturated heterocycles. The molecule has 32 heavy (non-hydrogen) atoms. The van der Waals surface area contributed by atoms with Crippen LogP contribution in [0.2, 0.25) is 0 Å². The second-order valence-corrected chi connectivity index (χ2v) is 12.3. The first-order valence-electron chi connectivity index (χ1n) is 12.9. The molecule has 0 bridgehead atoms. The summed E-state index contributed by atoms with van der Waals surface area (Å²) in [5.41, 5.74) is 0. The number of allylic oxidation sites excluding steroid dienone is 4. The topological polar surface area (TPSA) is 77.8 Å². The fraction of sp³-hybridized carbons (Fsp3) is 0.846. The lowest BCUT2D eigenvalue weighted by Gasteiger charge is -2.35. The van der Waals surface area contributed by atoms with Crippen LogP contribution in [0.25, 0.3) is 0 Å². The Balaban J connectivity index is 3.68. The van der Waals surface area contributed by atoms with Gasteiger partial charge in [0, 0.05) is 0 Å². The molecule has 0 aromatic rings. The highest BCUT2D eigenvalue weighted by molar-refractivity contribution is 7.53. The molecule has 6 heteroatoms. The molecule has 0 amide bonds. The lowest BCUT2D eigenvalue weighted by molar-refractivity contribution is -0.875. The second kappa shape index (κ2) is 18.0. The van der Waals surface area contributed by atoms with E-state index in [2.05, 4.69) is 31.2 Å². The average molecular weight is 475 g/mol. The smallest absolute Gasteiger partial charge is 0.362 e. The molecule has 0 aliphatic rings. The lowest BCUT2D eigenvalue weighted by Crippen LogP contribution is -2.49. The van der Waals surface area contributed by atoms with Gasteiger partial charge in [0.1, 0.15) is 6.54 Å². The zero-order chi connectivity index (χ0) is 24.3. The van der Waals surface area contributed by atoms with E-state index in [-0.39, 0.29) is 13.0 Å². The van der Waals surface area contributed by atoms with Gasteiger partial charge in [-0.25, -0.2) is 0 Å². The third-order valence-corrected chi connectivity index (χ3v) is 7.22. The van der Waals surface area contributed by atoms with Crippen molar-refractivity contribution in [3.8, 4) is 0 Å². The molecule has 3 N–H and O–H groups in total. The van der Waals surface area contributed by atoms with E-state index in [1.165, 1.54) is 51.4 Å². The molecule has 0 aliphatic heterocycles. The largest absolute Gasteiger partial charge is 0.373 e. The van der Waals surface area contributed by atoms with E-state index in [9.17, 15) is 19.5 Å². The number of aliphatic hydroxyl groups is 1. The van der Waals surface area contributed by atoms with Crippen molar-refractivity contribution in [2.24, 2.45) is 0 Å². The summed E-state index contributed by atoms with van der Waals surface area (Å²) in [5, 5.41) is 8.62. The van der Waals surface area contributed by atoms with Gasteiger partial charge in [-0.1, -0.05) is 82.6 Å². The summed E-state index contributed by atoms with van der Waals surface area (Å²) < 4.78 is 12.1. The molecular formula is C26H53NO4P+. The van der Waals surface area contributed by atoms with Gasteiger partial charge in [-0.15, -0.1) is 0 Å². The Morgan fingerprint density at radius 1 is 0.688 bits per heavy atom. The van der Waals surface area contributed by atoms with E-state index in [0.29, 0.717) is 10.9 Å². The standard InChI is InChI=1S/C26H52NO4P/c1-5-6-7-8-9-10-11-12-13-14-15-16-17-18-19-20-21-22-23-24-26(28,32(29,30)31)25-27(2,3)4/h11-12,15-16,28H,5-10,13-14,17-25H2,1-4H3,(H-,29,30,31)/p+1/b12-11-,16-15-. The van der Waals surface area contributed by atoms with Crippen LogP contribution < -0.4 is 0 Å². The summed E-state index contributed by atoms with van der Waals surface area (Å²) in [6.45, 7) is 2.31. The number of quaternary nitrogens is 1. The monoisotopic (exact) mass is 474 g/mol. The van der Waals surface area contributed by atoms with Gasteiger partial charge >= 0.3 is 7.60 Å². The van der Waals surface area contributed by atoms with Crippen molar-refractivity contribution < 1.29 is 23.9 Å². The summed E-state index contributed by atoms with van der Waals surface area (Å²) in [6.07, 6.45) is 26.9. The molecule has 0 spiro atoms. The maximum atomic E-state index is 11.8.